The Labute approximate surface area is 129 Å². The van der Waals surface area contributed by atoms with Crippen LogP contribution in [0.3, 0.4) is 0 Å². The van der Waals surface area contributed by atoms with Gasteiger partial charge in [0, 0.05) is 31.7 Å². The Hall–Kier alpha value is -1.77. The van der Waals surface area contributed by atoms with E-state index in [4.69, 9.17) is 0 Å². The van der Waals surface area contributed by atoms with Gasteiger partial charge < -0.3 is 5.32 Å². The molecule has 0 spiro atoms. The van der Waals surface area contributed by atoms with Crippen molar-refractivity contribution in [3.05, 3.63) is 29.6 Å². The summed E-state index contributed by atoms with van der Waals surface area (Å²) in [4.78, 5) is 4.39. The van der Waals surface area contributed by atoms with Crippen LogP contribution < -0.4 is 10.0 Å². The largest absolute Gasteiger partial charge is 0.313 e. The molecule has 3 rings (SSSR count). The first-order valence-electron chi connectivity index (χ1n) is 7.15. The zero-order valence-corrected chi connectivity index (χ0v) is 13.4. The van der Waals surface area contributed by atoms with Gasteiger partial charge in [-0.3, -0.25) is 4.68 Å². The third kappa shape index (κ3) is 2.90. The lowest BCUT2D eigenvalue weighted by Gasteiger charge is -2.14. The fraction of sp³-hybridized carbons (Fsp3) is 0.429. The Bertz CT molecular complexity index is 838. The molecular weight excluding hydrogens is 302 g/mol. The monoisotopic (exact) mass is 321 g/mol. The van der Waals surface area contributed by atoms with Gasteiger partial charge in [0.1, 0.15) is 4.90 Å². The number of nitrogens with one attached hydrogen (secondary N) is 2. The Kier molecular flexibility index (Phi) is 3.98. The molecule has 0 aromatic carbocycles. The molecule has 22 heavy (non-hydrogen) atoms. The number of aryl methyl sites for hydroxylation is 2. The minimum atomic E-state index is -3.57. The van der Waals surface area contributed by atoms with Crippen molar-refractivity contribution in [1.82, 2.24) is 24.8 Å². The number of nitrogens with zero attached hydrogens (tertiary/aromatic N) is 3. The van der Waals surface area contributed by atoms with Gasteiger partial charge in [0.25, 0.3) is 0 Å². The van der Waals surface area contributed by atoms with Crippen molar-refractivity contribution in [3.8, 4) is 0 Å². The summed E-state index contributed by atoms with van der Waals surface area (Å²) in [6.07, 6.45) is 4.27. The number of hydrogen-bond acceptors (Lipinski definition) is 5. The summed E-state index contributed by atoms with van der Waals surface area (Å²) in [5, 5.41) is 8.21. The lowest BCUT2D eigenvalue weighted by molar-refractivity contribution is 0.582. The van der Waals surface area contributed by atoms with Crippen molar-refractivity contribution in [2.45, 2.75) is 18.2 Å². The fourth-order valence-electron chi connectivity index (χ4n) is 2.54. The third-order valence-electron chi connectivity index (χ3n) is 3.80. The minimum absolute atomic E-state index is 0.172. The predicted molar refractivity (Wildman–Crippen MR) is 84.0 cm³/mol. The molecule has 0 radical (unpaired) electrons. The molecule has 2 aromatic rings. The maximum atomic E-state index is 12.4. The van der Waals surface area contributed by atoms with Crippen LogP contribution in [0.25, 0.3) is 11.0 Å². The van der Waals surface area contributed by atoms with Gasteiger partial charge in [0.05, 0.1) is 5.69 Å². The van der Waals surface area contributed by atoms with Crippen LogP contribution in [0.1, 0.15) is 12.1 Å². The van der Waals surface area contributed by atoms with Gasteiger partial charge in [-0.25, -0.2) is 18.1 Å². The van der Waals surface area contributed by atoms with E-state index in [0.717, 1.165) is 36.2 Å². The SMILES string of the molecule is Cc1nn(C)c2ncc(S(=O)(=O)NCC3=CCNCC3)cc12. The van der Waals surface area contributed by atoms with Crippen molar-refractivity contribution in [1.29, 1.82) is 0 Å². The average molecular weight is 321 g/mol. The maximum Gasteiger partial charge on any atom is 0.242 e. The first-order chi connectivity index (χ1) is 10.5. The molecule has 3 heterocycles. The van der Waals surface area contributed by atoms with E-state index in [-0.39, 0.29) is 4.90 Å². The van der Waals surface area contributed by atoms with E-state index >= 15 is 0 Å². The van der Waals surface area contributed by atoms with Crippen LogP contribution in [0, 0.1) is 6.92 Å². The summed E-state index contributed by atoms with van der Waals surface area (Å²) in [5.41, 5.74) is 2.55. The van der Waals surface area contributed by atoms with Crippen molar-refractivity contribution >= 4 is 21.1 Å². The zero-order valence-electron chi connectivity index (χ0n) is 12.6. The first-order valence-corrected chi connectivity index (χ1v) is 8.63. The molecule has 118 valence electrons. The van der Waals surface area contributed by atoms with E-state index in [9.17, 15) is 8.42 Å². The van der Waals surface area contributed by atoms with E-state index in [0.29, 0.717) is 12.2 Å². The molecule has 0 amide bonds. The molecule has 0 unspecified atom stereocenters. The van der Waals surface area contributed by atoms with E-state index < -0.39 is 10.0 Å². The molecular formula is C14H19N5O2S. The highest BCUT2D eigenvalue weighted by Gasteiger charge is 2.18. The Balaban J connectivity index is 1.85. The highest BCUT2D eigenvalue weighted by Crippen LogP contribution is 2.19. The van der Waals surface area contributed by atoms with Crippen molar-refractivity contribution < 1.29 is 8.42 Å². The molecule has 0 fully saturated rings. The summed E-state index contributed by atoms with van der Waals surface area (Å²) in [6.45, 7) is 3.86. The summed E-state index contributed by atoms with van der Waals surface area (Å²) in [5.74, 6) is 0. The van der Waals surface area contributed by atoms with Crippen LogP contribution in [0.5, 0.6) is 0 Å². The number of hydrogen-bond donors (Lipinski definition) is 2. The van der Waals surface area contributed by atoms with Crippen molar-refractivity contribution in [2.75, 3.05) is 19.6 Å². The van der Waals surface area contributed by atoms with Gasteiger partial charge in [-0.15, -0.1) is 0 Å². The fourth-order valence-corrected chi connectivity index (χ4v) is 3.54. The van der Waals surface area contributed by atoms with Crippen LogP contribution in [0.2, 0.25) is 0 Å². The topological polar surface area (TPSA) is 88.9 Å². The number of aromatic nitrogens is 3. The molecule has 0 bridgehead atoms. The molecule has 0 aliphatic carbocycles. The Morgan fingerprint density at radius 2 is 2.27 bits per heavy atom. The molecule has 0 saturated carbocycles. The van der Waals surface area contributed by atoms with E-state index in [1.807, 2.05) is 13.0 Å². The normalized spacial score (nSPS) is 16.0. The molecule has 0 atom stereocenters. The number of fused-ring (bicyclic) bond motifs is 1. The second-order valence-electron chi connectivity index (χ2n) is 5.39. The van der Waals surface area contributed by atoms with Gasteiger partial charge in [0.2, 0.25) is 10.0 Å². The summed E-state index contributed by atoms with van der Waals surface area (Å²) in [6, 6.07) is 1.63. The smallest absolute Gasteiger partial charge is 0.242 e. The highest BCUT2D eigenvalue weighted by atomic mass is 32.2. The second-order valence-corrected chi connectivity index (χ2v) is 7.16. The van der Waals surface area contributed by atoms with Gasteiger partial charge in [-0.1, -0.05) is 11.6 Å². The van der Waals surface area contributed by atoms with Gasteiger partial charge in [0.15, 0.2) is 5.65 Å². The van der Waals surface area contributed by atoms with Crippen LogP contribution in [0.4, 0.5) is 0 Å². The highest BCUT2D eigenvalue weighted by molar-refractivity contribution is 7.89. The number of pyridine rings is 1. The summed E-state index contributed by atoms with van der Waals surface area (Å²) < 4.78 is 29.1. The molecule has 1 aliphatic rings. The molecule has 7 nitrogen and oxygen atoms in total. The van der Waals surface area contributed by atoms with Gasteiger partial charge >= 0.3 is 0 Å². The molecule has 1 aliphatic heterocycles. The molecule has 8 heteroatoms. The first kappa shape index (κ1) is 15.1. The van der Waals surface area contributed by atoms with Crippen LogP contribution in [0.15, 0.2) is 28.8 Å². The molecule has 2 N–H and O–H groups in total. The second kappa shape index (κ2) is 5.79. The van der Waals surface area contributed by atoms with E-state index in [2.05, 4.69) is 20.1 Å². The average Bonchev–Trinajstić information content (AvgIpc) is 2.81. The standard InChI is InChI=1S/C14H19N5O2S/c1-10-13-7-12(9-16-14(13)19(2)18-10)22(20,21)17-8-11-3-5-15-6-4-11/h3,7,9,15,17H,4-6,8H2,1-2H3. The number of rotatable bonds is 4. The third-order valence-corrected chi connectivity index (χ3v) is 5.16. The quantitative estimate of drug-likeness (QED) is 0.799. The molecule has 0 saturated heterocycles. The lowest BCUT2D eigenvalue weighted by Crippen LogP contribution is -2.29. The van der Waals surface area contributed by atoms with E-state index in [1.165, 1.54) is 6.20 Å². The number of sulfonamides is 1. The van der Waals surface area contributed by atoms with Gasteiger partial charge in [-0.2, -0.15) is 5.10 Å². The van der Waals surface area contributed by atoms with Crippen LogP contribution >= 0.6 is 0 Å². The van der Waals surface area contributed by atoms with Gasteiger partial charge in [-0.05, 0) is 26.0 Å². The predicted octanol–water partition coefficient (Wildman–Crippen LogP) is 0.475. The lowest BCUT2D eigenvalue weighted by atomic mass is 10.1. The zero-order chi connectivity index (χ0) is 15.7. The minimum Gasteiger partial charge on any atom is -0.313 e. The van der Waals surface area contributed by atoms with Crippen LogP contribution in [-0.4, -0.2) is 42.8 Å². The van der Waals surface area contributed by atoms with Crippen molar-refractivity contribution in [3.63, 3.8) is 0 Å². The summed E-state index contributed by atoms with van der Waals surface area (Å²) in [7, 11) is -1.78. The van der Waals surface area contributed by atoms with Crippen molar-refractivity contribution in [2.24, 2.45) is 7.05 Å². The molecule has 2 aromatic heterocycles. The van der Waals surface area contributed by atoms with Crippen LogP contribution in [-0.2, 0) is 17.1 Å². The van der Waals surface area contributed by atoms with E-state index in [1.54, 1.807) is 17.8 Å². The summed E-state index contributed by atoms with van der Waals surface area (Å²) >= 11 is 0. The Morgan fingerprint density at radius 1 is 1.45 bits per heavy atom. The maximum absolute atomic E-state index is 12.4. The Morgan fingerprint density at radius 3 is 3.00 bits per heavy atom.